The molecule has 3 nitrogen and oxygen atoms in total. The van der Waals surface area contributed by atoms with Gasteiger partial charge in [0.15, 0.2) is 0 Å². The smallest absolute Gasteiger partial charge is 0.251 e. The Hall–Kier alpha value is -1.03. The summed E-state index contributed by atoms with van der Waals surface area (Å²) in [5.41, 5.74) is 0.661. The molecule has 0 saturated heterocycles. The molecule has 1 fully saturated rings. The maximum atomic E-state index is 11.8. The Balaban J connectivity index is 1.90. The van der Waals surface area contributed by atoms with Crippen molar-refractivity contribution in [3.05, 3.63) is 28.2 Å². The van der Waals surface area contributed by atoms with Crippen LogP contribution in [0.25, 0.3) is 0 Å². The molecule has 0 heterocycles. The van der Waals surface area contributed by atoms with Gasteiger partial charge in [-0.15, -0.1) is 0 Å². The number of ether oxygens (including phenoxy) is 1. The maximum Gasteiger partial charge on any atom is 0.251 e. The molecule has 0 bridgehead atoms. The quantitative estimate of drug-likeness (QED) is 0.907. The van der Waals surface area contributed by atoms with E-state index in [1.807, 2.05) is 0 Å². The van der Waals surface area contributed by atoms with Crippen LogP contribution < -0.4 is 10.1 Å². The molecular formula is C13H16BrNO2. The molecule has 1 N–H and O–H groups in total. The van der Waals surface area contributed by atoms with Gasteiger partial charge in [-0.3, -0.25) is 4.79 Å². The van der Waals surface area contributed by atoms with Gasteiger partial charge in [0.25, 0.3) is 5.91 Å². The number of hydrogen-bond acceptors (Lipinski definition) is 2. The Morgan fingerprint density at radius 3 is 2.88 bits per heavy atom. The van der Waals surface area contributed by atoms with Gasteiger partial charge in [0.2, 0.25) is 0 Å². The van der Waals surface area contributed by atoms with Crippen molar-refractivity contribution in [1.29, 1.82) is 0 Å². The van der Waals surface area contributed by atoms with E-state index in [1.54, 1.807) is 25.3 Å². The largest absolute Gasteiger partial charge is 0.496 e. The standard InChI is InChI=1S/C13H16BrNO2/c1-17-12-5-4-10(8-11(12)14)13(16)15-7-6-9-2-3-9/h4-5,8-9H,2-3,6-7H2,1H3,(H,15,16). The van der Waals surface area contributed by atoms with Gasteiger partial charge in [0, 0.05) is 12.1 Å². The Labute approximate surface area is 110 Å². The van der Waals surface area contributed by atoms with Crippen LogP contribution in [0.5, 0.6) is 5.75 Å². The van der Waals surface area contributed by atoms with Crippen molar-refractivity contribution in [3.63, 3.8) is 0 Å². The summed E-state index contributed by atoms with van der Waals surface area (Å²) in [6, 6.07) is 5.35. The van der Waals surface area contributed by atoms with Gasteiger partial charge >= 0.3 is 0 Å². The molecular weight excluding hydrogens is 282 g/mol. The predicted molar refractivity (Wildman–Crippen MR) is 70.4 cm³/mol. The fraction of sp³-hybridized carbons (Fsp3) is 0.462. The number of rotatable bonds is 5. The van der Waals surface area contributed by atoms with Gasteiger partial charge < -0.3 is 10.1 Å². The number of amides is 1. The average molecular weight is 298 g/mol. The molecule has 1 amide bonds. The summed E-state index contributed by atoms with van der Waals surface area (Å²) in [4.78, 5) is 11.8. The number of halogens is 1. The van der Waals surface area contributed by atoms with E-state index in [0.29, 0.717) is 5.56 Å². The van der Waals surface area contributed by atoms with Crippen molar-refractivity contribution in [2.24, 2.45) is 5.92 Å². The average Bonchev–Trinajstić information content (AvgIpc) is 3.13. The van der Waals surface area contributed by atoms with Crippen LogP contribution in [0.1, 0.15) is 29.6 Å². The SMILES string of the molecule is COc1ccc(C(=O)NCCC2CC2)cc1Br. The van der Waals surface area contributed by atoms with Crippen LogP contribution in [0.3, 0.4) is 0 Å². The third-order valence-corrected chi connectivity index (χ3v) is 3.57. The molecule has 92 valence electrons. The Morgan fingerprint density at radius 1 is 1.53 bits per heavy atom. The van der Waals surface area contributed by atoms with Crippen molar-refractivity contribution in [1.82, 2.24) is 5.32 Å². The second-order valence-electron chi connectivity index (χ2n) is 4.34. The zero-order chi connectivity index (χ0) is 12.3. The van der Waals surface area contributed by atoms with Crippen LogP contribution in [0, 0.1) is 5.92 Å². The van der Waals surface area contributed by atoms with Crippen molar-refractivity contribution in [2.75, 3.05) is 13.7 Å². The Kier molecular flexibility index (Phi) is 4.05. The van der Waals surface area contributed by atoms with Crippen LogP contribution in [0.15, 0.2) is 22.7 Å². The van der Waals surface area contributed by atoms with E-state index in [9.17, 15) is 4.79 Å². The van der Waals surface area contributed by atoms with E-state index >= 15 is 0 Å². The highest BCUT2D eigenvalue weighted by atomic mass is 79.9. The van der Waals surface area contributed by atoms with Crippen LogP contribution in [0.2, 0.25) is 0 Å². The van der Waals surface area contributed by atoms with Crippen molar-refractivity contribution < 1.29 is 9.53 Å². The Bertz CT molecular complexity index is 416. The number of methoxy groups -OCH3 is 1. The summed E-state index contributed by atoms with van der Waals surface area (Å²) in [6.07, 6.45) is 3.75. The van der Waals surface area contributed by atoms with E-state index < -0.39 is 0 Å². The molecule has 1 aromatic carbocycles. The molecule has 0 atom stereocenters. The van der Waals surface area contributed by atoms with E-state index in [2.05, 4.69) is 21.2 Å². The molecule has 0 spiro atoms. The summed E-state index contributed by atoms with van der Waals surface area (Å²) in [7, 11) is 1.61. The number of carbonyl (C=O) groups excluding carboxylic acids is 1. The fourth-order valence-electron chi connectivity index (χ4n) is 1.71. The van der Waals surface area contributed by atoms with E-state index in [1.165, 1.54) is 12.8 Å². The fourth-order valence-corrected chi connectivity index (χ4v) is 2.25. The number of benzene rings is 1. The summed E-state index contributed by atoms with van der Waals surface area (Å²) < 4.78 is 5.92. The molecule has 0 radical (unpaired) electrons. The van der Waals surface area contributed by atoms with Crippen LogP contribution in [0.4, 0.5) is 0 Å². The van der Waals surface area contributed by atoms with Crippen LogP contribution in [-0.2, 0) is 0 Å². The van der Waals surface area contributed by atoms with Crippen molar-refractivity contribution in [2.45, 2.75) is 19.3 Å². The lowest BCUT2D eigenvalue weighted by atomic mass is 10.2. The topological polar surface area (TPSA) is 38.3 Å². The van der Waals surface area contributed by atoms with Gasteiger partial charge in [0.1, 0.15) is 5.75 Å². The lowest BCUT2D eigenvalue weighted by molar-refractivity contribution is 0.0952. The van der Waals surface area contributed by atoms with Gasteiger partial charge in [0.05, 0.1) is 11.6 Å². The highest BCUT2D eigenvalue weighted by molar-refractivity contribution is 9.10. The lowest BCUT2D eigenvalue weighted by Crippen LogP contribution is -2.24. The van der Waals surface area contributed by atoms with Gasteiger partial charge in [-0.25, -0.2) is 0 Å². The van der Waals surface area contributed by atoms with E-state index in [0.717, 1.165) is 29.1 Å². The number of nitrogens with one attached hydrogen (secondary N) is 1. The predicted octanol–water partition coefficient (Wildman–Crippen LogP) is 2.99. The van der Waals surface area contributed by atoms with Gasteiger partial charge in [-0.1, -0.05) is 12.8 Å². The summed E-state index contributed by atoms with van der Waals surface area (Å²) in [5.74, 6) is 1.56. The minimum Gasteiger partial charge on any atom is -0.496 e. The first-order chi connectivity index (χ1) is 8.20. The molecule has 4 heteroatoms. The Morgan fingerprint density at radius 2 is 2.29 bits per heavy atom. The van der Waals surface area contributed by atoms with Gasteiger partial charge in [-0.05, 0) is 46.5 Å². The third-order valence-electron chi connectivity index (χ3n) is 2.95. The second kappa shape index (κ2) is 5.54. The van der Waals surface area contributed by atoms with Crippen molar-refractivity contribution in [3.8, 4) is 5.75 Å². The first-order valence-corrected chi connectivity index (χ1v) is 6.61. The lowest BCUT2D eigenvalue weighted by Gasteiger charge is -2.07. The summed E-state index contributed by atoms with van der Waals surface area (Å²) in [5, 5.41) is 2.93. The maximum absolute atomic E-state index is 11.8. The molecule has 17 heavy (non-hydrogen) atoms. The van der Waals surface area contributed by atoms with Crippen LogP contribution in [-0.4, -0.2) is 19.6 Å². The minimum atomic E-state index is -0.0194. The molecule has 1 aliphatic rings. The van der Waals surface area contributed by atoms with E-state index in [4.69, 9.17) is 4.74 Å². The number of carbonyl (C=O) groups is 1. The van der Waals surface area contributed by atoms with Crippen molar-refractivity contribution >= 4 is 21.8 Å². The minimum absolute atomic E-state index is 0.0194. The van der Waals surface area contributed by atoms with Gasteiger partial charge in [-0.2, -0.15) is 0 Å². The number of hydrogen-bond donors (Lipinski definition) is 1. The normalized spacial score (nSPS) is 14.5. The molecule has 0 unspecified atom stereocenters. The van der Waals surface area contributed by atoms with E-state index in [-0.39, 0.29) is 5.91 Å². The first-order valence-electron chi connectivity index (χ1n) is 5.82. The molecule has 1 aromatic rings. The zero-order valence-corrected chi connectivity index (χ0v) is 11.4. The highest BCUT2D eigenvalue weighted by Gasteiger charge is 2.20. The second-order valence-corrected chi connectivity index (χ2v) is 5.19. The van der Waals surface area contributed by atoms with Crippen LogP contribution >= 0.6 is 15.9 Å². The summed E-state index contributed by atoms with van der Waals surface area (Å²) in [6.45, 7) is 0.771. The first kappa shape index (κ1) is 12.4. The molecule has 0 aliphatic heterocycles. The molecule has 0 aromatic heterocycles. The molecule has 2 rings (SSSR count). The monoisotopic (exact) mass is 297 g/mol. The highest BCUT2D eigenvalue weighted by Crippen LogP contribution is 2.31. The molecule has 1 aliphatic carbocycles. The molecule has 1 saturated carbocycles. The third kappa shape index (κ3) is 3.46. The summed E-state index contributed by atoms with van der Waals surface area (Å²) >= 11 is 3.37. The zero-order valence-electron chi connectivity index (χ0n) is 9.83.